The first kappa shape index (κ1) is 13.5. The van der Waals surface area contributed by atoms with E-state index in [1.807, 2.05) is 18.2 Å². The van der Waals surface area contributed by atoms with E-state index in [1.54, 1.807) is 37.6 Å². The summed E-state index contributed by atoms with van der Waals surface area (Å²) in [6.45, 7) is 0. The Morgan fingerprint density at radius 1 is 1.19 bits per heavy atom. The summed E-state index contributed by atoms with van der Waals surface area (Å²) in [5, 5.41) is 4.29. The van der Waals surface area contributed by atoms with Crippen LogP contribution in [0.5, 0.6) is 5.75 Å². The fraction of sp³-hybridized carbons (Fsp3) is 0.0625. The third kappa shape index (κ3) is 2.71. The van der Waals surface area contributed by atoms with Crippen molar-refractivity contribution >= 4 is 34.1 Å². The Morgan fingerprint density at radius 2 is 1.95 bits per heavy atom. The monoisotopic (exact) mass is 300 g/mol. The minimum Gasteiger partial charge on any atom is -0.497 e. The van der Waals surface area contributed by atoms with Gasteiger partial charge in [0.2, 0.25) is 0 Å². The van der Waals surface area contributed by atoms with Crippen molar-refractivity contribution < 1.29 is 9.53 Å². The second-order valence-corrected chi connectivity index (χ2v) is 5.01. The first-order valence-corrected chi connectivity index (χ1v) is 6.77. The van der Waals surface area contributed by atoms with Crippen molar-refractivity contribution in [2.45, 2.75) is 0 Å². The summed E-state index contributed by atoms with van der Waals surface area (Å²) in [6.07, 6.45) is 1.69. The van der Waals surface area contributed by atoms with E-state index in [0.717, 1.165) is 10.9 Å². The number of carbonyl (C=O) groups excluding carboxylic acids is 1. The third-order valence-corrected chi connectivity index (χ3v) is 3.49. The molecule has 0 fully saturated rings. The minimum absolute atomic E-state index is 0.183. The number of carbonyl (C=O) groups is 1. The van der Waals surface area contributed by atoms with Crippen molar-refractivity contribution in [3.8, 4) is 5.75 Å². The molecule has 1 heterocycles. The van der Waals surface area contributed by atoms with Gasteiger partial charge in [-0.05, 0) is 42.5 Å². The number of anilines is 1. The molecule has 21 heavy (non-hydrogen) atoms. The van der Waals surface area contributed by atoms with Gasteiger partial charge < -0.3 is 15.0 Å². The lowest BCUT2D eigenvalue weighted by molar-refractivity contribution is 0.102. The standard InChI is InChI=1S/C16H13ClN2O2/c1-21-12-6-7-15-13(8-12)14(9-18-15)16(20)19-11-4-2-10(17)3-5-11/h2-9,18H,1H3,(H,19,20). The van der Waals surface area contributed by atoms with Gasteiger partial charge >= 0.3 is 0 Å². The van der Waals surface area contributed by atoms with Gasteiger partial charge in [-0.1, -0.05) is 11.6 Å². The quantitative estimate of drug-likeness (QED) is 0.765. The van der Waals surface area contributed by atoms with Crippen molar-refractivity contribution in [1.29, 1.82) is 0 Å². The van der Waals surface area contributed by atoms with Gasteiger partial charge in [0.1, 0.15) is 5.75 Å². The highest BCUT2D eigenvalue weighted by molar-refractivity contribution is 6.30. The first-order chi connectivity index (χ1) is 10.2. The average Bonchev–Trinajstić information content (AvgIpc) is 2.92. The Kier molecular flexibility index (Phi) is 3.54. The molecule has 0 aliphatic heterocycles. The van der Waals surface area contributed by atoms with E-state index in [2.05, 4.69) is 10.3 Å². The van der Waals surface area contributed by atoms with E-state index in [4.69, 9.17) is 16.3 Å². The van der Waals surface area contributed by atoms with Crippen LogP contribution in [0.2, 0.25) is 5.02 Å². The van der Waals surface area contributed by atoms with Crippen LogP contribution < -0.4 is 10.1 Å². The van der Waals surface area contributed by atoms with Crippen LogP contribution in [0, 0.1) is 0 Å². The number of amides is 1. The predicted octanol–water partition coefficient (Wildman–Crippen LogP) is 4.08. The highest BCUT2D eigenvalue weighted by Gasteiger charge is 2.13. The molecule has 2 N–H and O–H groups in total. The SMILES string of the molecule is COc1ccc2[nH]cc(C(=O)Nc3ccc(Cl)cc3)c2c1. The second-order valence-electron chi connectivity index (χ2n) is 4.57. The Bertz CT molecular complexity index is 794. The number of rotatable bonds is 3. The molecule has 2 aromatic carbocycles. The zero-order valence-corrected chi connectivity index (χ0v) is 12.1. The second kappa shape index (κ2) is 5.50. The van der Waals surface area contributed by atoms with E-state index in [9.17, 15) is 4.79 Å². The van der Waals surface area contributed by atoms with Gasteiger partial charge in [0.25, 0.3) is 5.91 Å². The largest absolute Gasteiger partial charge is 0.497 e. The van der Waals surface area contributed by atoms with Crippen LogP contribution >= 0.6 is 11.6 Å². The fourth-order valence-corrected chi connectivity index (χ4v) is 2.27. The zero-order valence-electron chi connectivity index (χ0n) is 11.3. The van der Waals surface area contributed by atoms with Gasteiger partial charge in [0.15, 0.2) is 0 Å². The highest BCUT2D eigenvalue weighted by atomic mass is 35.5. The van der Waals surface area contributed by atoms with E-state index in [1.165, 1.54) is 0 Å². The predicted molar refractivity (Wildman–Crippen MR) is 84.3 cm³/mol. The molecular formula is C16H13ClN2O2. The molecule has 0 atom stereocenters. The maximum atomic E-state index is 12.4. The summed E-state index contributed by atoms with van der Waals surface area (Å²) >= 11 is 5.83. The number of fused-ring (bicyclic) bond motifs is 1. The molecule has 5 heteroatoms. The molecule has 0 unspecified atom stereocenters. The number of H-pyrrole nitrogens is 1. The lowest BCUT2D eigenvalue weighted by atomic mass is 10.1. The van der Waals surface area contributed by atoms with E-state index in [-0.39, 0.29) is 5.91 Å². The summed E-state index contributed by atoms with van der Waals surface area (Å²) in [5.74, 6) is 0.527. The molecule has 0 aliphatic rings. The van der Waals surface area contributed by atoms with Crippen LogP contribution in [0.4, 0.5) is 5.69 Å². The molecular weight excluding hydrogens is 288 g/mol. The van der Waals surface area contributed by atoms with Gasteiger partial charge in [-0.2, -0.15) is 0 Å². The smallest absolute Gasteiger partial charge is 0.257 e. The molecule has 0 aliphatic carbocycles. The van der Waals surface area contributed by atoms with Gasteiger partial charge in [-0.3, -0.25) is 4.79 Å². The lowest BCUT2D eigenvalue weighted by Crippen LogP contribution is -2.11. The van der Waals surface area contributed by atoms with E-state index < -0.39 is 0 Å². The van der Waals surface area contributed by atoms with Crippen molar-refractivity contribution in [3.63, 3.8) is 0 Å². The zero-order chi connectivity index (χ0) is 14.8. The first-order valence-electron chi connectivity index (χ1n) is 6.39. The van der Waals surface area contributed by atoms with E-state index >= 15 is 0 Å². The molecule has 3 aromatic rings. The molecule has 0 saturated heterocycles. The number of halogens is 1. The van der Waals surface area contributed by atoms with Gasteiger partial charge in [0, 0.05) is 27.8 Å². The number of hydrogen-bond donors (Lipinski definition) is 2. The van der Waals surface area contributed by atoms with Gasteiger partial charge in [0.05, 0.1) is 12.7 Å². The summed E-state index contributed by atoms with van der Waals surface area (Å²) in [4.78, 5) is 15.4. The van der Waals surface area contributed by atoms with Crippen LogP contribution in [-0.4, -0.2) is 18.0 Å². The maximum Gasteiger partial charge on any atom is 0.257 e. The molecule has 0 saturated carbocycles. The number of hydrogen-bond acceptors (Lipinski definition) is 2. The molecule has 1 amide bonds. The summed E-state index contributed by atoms with van der Waals surface area (Å²) in [5.41, 5.74) is 2.15. The number of aromatic nitrogens is 1. The van der Waals surface area contributed by atoms with E-state index in [0.29, 0.717) is 22.0 Å². The van der Waals surface area contributed by atoms with Crippen LogP contribution in [0.1, 0.15) is 10.4 Å². The molecule has 0 radical (unpaired) electrons. The highest BCUT2D eigenvalue weighted by Crippen LogP contribution is 2.24. The number of nitrogens with one attached hydrogen (secondary N) is 2. The maximum absolute atomic E-state index is 12.4. The summed E-state index contributed by atoms with van der Waals surface area (Å²) in [7, 11) is 1.60. The lowest BCUT2D eigenvalue weighted by Gasteiger charge is -2.05. The number of methoxy groups -OCH3 is 1. The van der Waals surface area contributed by atoms with Gasteiger partial charge in [-0.25, -0.2) is 0 Å². The Balaban J connectivity index is 1.92. The molecule has 3 rings (SSSR count). The molecule has 1 aromatic heterocycles. The van der Waals surface area contributed by atoms with Crippen molar-refractivity contribution in [1.82, 2.24) is 4.98 Å². The van der Waals surface area contributed by atoms with Crippen molar-refractivity contribution in [3.05, 3.63) is 59.2 Å². The van der Waals surface area contributed by atoms with Crippen molar-refractivity contribution in [2.24, 2.45) is 0 Å². The van der Waals surface area contributed by atoms with Crippen LogP contribution in [-0.2, 0) is 0 Å². The van der Waals surface area contributed by atoms with Crippen LogP contribution in [0.3, 0.4) is 0 Å². The fourth-order valence-electron chi connectivity index (χ4n) is 2.15. The Labute approximate surface area is 126 Å². The Morgan fingerprint density at radius 3 is 2.67 bits per heavy atom. The molecule has 106 valence electrons. The van der Waals surface area contributed by atoms with Crippen LogP contribution in [0.25, 0.3) is 10.9 Å². The number of aromatic amines is 1. The minimum atomic E-state index is -0.183. The average molecular weight is 301 g/mol. The third-order valence-electron chi connectivity index (χ3n) is 3.24. The number of benzene rings is 2. The Hall–Kier alpha value is -2.46. The molecule has 0 bridgehead atoms. The summed E-state index contributed by atoms with van der Waals surface area (Å²) < 4.78 is 5.20. The molecule has 4 nitrogen and oxygen atoms in total. The van der Waals surface area contributed by atoms with Crippen molar-refractivity contribution in [2.75, 3.05) is 12.4 Å². The topological polar surface area (TPSA) is 54.1 Å². The molecule has 0 spiro atoms. The van der Waals surface area contributed by atoms with Crippen LogP contribution in [0.15, 0.2) is 48.7 Å². The number of ether oxygens (including phenoxy) is 1. The summed E-state index contributed by atoms with van der Waals surface area (Å²) in [6, 6.07) is 12.5. The normalized spacial score (nSPS) is 10.6. The van der Waals surface area contributed by atoms with Gasteiger partial charge in [-0.15, -0.1) is 0 Å².